The molecule has 0 bridgehead atoms. The molecule has 1 atom stereocenters. The van der Waals surface area contributed by atoms with E-state index in [2.05, 4.69) is 15.0 Å². The number of likely N-dealkylation sites (tertiary alicyclic amines) is 1. The van der Waals surface area contributed by atoms with Crippen molar-refractivity contribution in [1.29, 1.82) is 0 Å². The Bertz CT molecular complexity index is 552. The van der Waals surface area contributed by atoms with Crippen LogP contribution in [0.4, 0.5) is 0 Å². The molecule has 5 heteroatoms. The van der Waals surface area contributed by atoms with Crippen LogP contribution in [0.3, 0.4) is 0 Å². The fourth-order valence-corrected chi connectivity index (χ4v) is 2.60. The first-order chi connectivity index (χ1) is 9.22. The molecular formula is C14H18N4O. The molecule has 3 heterocycles. The monoisotopic (exact) mass is 258 g/mol. The van der Waals surface area contributed by atoms with Crippen LogP contribution >= 0.6 is 0 Å². The maximum Gasteiger partial charge on any atom is 0.0983 e. The van der Waals surface area contributed by atoms with Gasteiger partial charge in [-0.25, -0.2) is 0 Å². The fourth-order valence-electron chi connectivity index (χ4n) is 2.60. The van der Waals surface area contributed by atoms with E-state index >= 15 is 0 Å². The predicted octanol–water partition coefficient (Wildman–Crippen LogP) is 1.05. The lowest BCUT2D eigenvalue weighted by Gasteiger charge is -2.14. The summed E-state index contributed by atoms with van der Waals surface area (Å²) in [6.07, 6.45) is 6.34. The van der Waals surface area contributed by atoms with Crippen LogP contribution in [0, 0.1) is 0 Å². The minimum absolute atomic E-state index is 0.182. The van der Waals surface area contributed by atoms with Gasteiger partial charge in [-0.2, -0.15) is 5.10 Å². The van der Waals surface area contributed by atoms with Gasteiger partial charge in [0.1, 0.15) is 0 Å². The van der Waals surface area contributed by atoms with E-state index in [1.807, 2.05) is 36.3 Å². The molecule has 0 saturated carbocycles. The molecule has 1 fully saturated rings. The highest BCUT2D eigenvalue weighted by Crippen LogP contribution is 2.23. The number of β-amino-alcohol motifs (C(OH)–C–C–N with tert-alkyl or cyclic N) is 1. The molecule has 0 aliphatic carbocycles. The molecule has 1 saturated heterocycles. The van der Waals surface area contributed by atoms with Gasteiger partial charge in [0.25, 0.3) is 0 Å². The highest BCUT2D eigenvalue weighted by Gasteiger charge is 2.22. The maximum absolute atomic E-state index is 9.60. The Kier molecular flexibility index (Phi) is 3.31. The number of aryl methyl sites for hydroxylation is 1. The number of hydrogen-bond acceptors (Lipinski definition) is 4. The van der Waals surface area contributed by atoms with Crippen molar-refractivity contribution < 1.29 is 5.11 Å². The van der Waals surface area contributed by atoms with Crippen LogP contribution in [0.25, 0.3) is 11.3 Å². The van der Waals surface area contributed by atoms with E-state index in [-0.39, 0.29) is 6.10 Å². The zero-order chi connectivity index (χ0) is 13.2. The van der Waals surface area contributed by atoms with Gasteiger partial charge < -0.3 is 5.11 Å². The Morgan fingerprint density at radius 3 is 3.05 bits per heavy atom. The normalized spacial score (nSPS) is 20.0. The van der Waals surface area contributed by atoms with Crippen molar-refractivity contribution in [3.63, 3.8) is 0 Å². The molecule has 0 spiro atoms. The van der Waals surface area contributed by atoms with Crippen molar-refractivity contribution in [2.75, 3.05) is 13.1 Å². The summed E-state index contributed by atoms with van der Waals surface area (Å²) in [5, 5.41) is 14.1. The quantitative estimate of drug-likeness (QED) is 0.894. The van der Waals surface area contributed by atoms with E-state index < -0.39 is 0 Å². The summed E-state index contributed by atoms with van der Waals surface area (Å²) in [5.41, 5.74) is 3.21. The van der Waals surface area contributed by atoms with Crippen molar-refractivity contribution in [1.82, 2.24) is 19.7 Å². The lowest BCUT2D eigenvalue weighted by Crippen LogP contribution is -2.21. The Labute approximate surface area is 112 Å². The molecule has 1 aliphatic rings. The molecule has 2 aromatic heterocycles. The number of hydrogen-bond donors (Lipinski definition) is 1. The highest BCUT2D eigenvalue weighted by atomic mass is 16.3. The van der Waals surface area contributed by atoms with Gasteiger partial charge in [-0.3, -0.25) is 14.6 Å². The average Bonchev–Trinajstić information content (AvgIpc) is 2.97. The molecule has 0 aromatic carbocycles. The van der Waals surface area contributed by atoms with Crippen molar-refractivity contribution in [3.8, 4) is 11.3 Å². The zero-order valence-corrected chi connectivity index (χ0v) is 11.0. The van der Waals surface area contributed by atoms with Gasteiger partial charge in [-0.15, -0.1) is 0 Å². The lowest BCUT2D eigenvalue weighted by atomic mass is 10.1. The summed E-state index contributed by atoms with van der Waals surface area (Å²) in [4.78, 5) is 6.42. The van der Waals surface area contributed by atoms with Crippen LogP contribution in [0.5, 0.6) is 0 Å². The summed E-state index contributed by atoms with van der Waals surface area (Å²) < 4.78 is 1.84. The average molecular weight is 258 g/mol. The van der Waals surface area contributed by atoms with Gasteiger partial charge in [-0.05, 0) is 18.6 Å². The summed E-state index contributed by atoms with van der Waals surface area (Å²) in [7, 11) is 1.93. The topological polar surface area (TPSA) is 54.2 Å². The highest BCUT2D eigenvalue weighted by molar-refractivity contribution is 5.61. The Morgan fingerprint density at radius 2 is 2.37 bits per heavy atom. The van der Waals surface area contributed by atoms with E-state index in [0.29, 0.717) is 0 Å². The van der Waals surface area contributed by atoms with E-state index in [0.717, 1.165) is 37.3 Å². The Hall–Kier alpha value is -1.72. The lowest BCUT2D eigenvalue weighted by molar-refractivity contribution is 0.175. The van der Waals surface area contributed by atoms with E-state index in [1.54, 1.807) is 6.20 Å². The Balaban J connectivity index is 1.85. The molecule has 0 radical (unpaired) electrons. The van der Waals surface area contributed by atoms with Gasteiger partial charge in [0.2, 0.25) is 0 Å². The van der Waals surface area contributed by atoms with Gasteiger partial charge in [0, 0.05) is 56.4 Å². The van der Waals surface area contributed by atoms with Gasteiger partial charge in [0.05, 0.1) is 11.8 Å². The fraction of sp³-hybridized carbons (Fsp3) is 0.429. The number of pyridine rings is 1. The van der Waals surface area contributed by atoms with Crippen LogP contribution in [0.15, 0.2) is 30.7 Å². The van der Waals surface area contributed by atoms with Crippen LogP contribution < -0.4 is 0 Å². The minimum Gasteiger partial charge on any atom is -0.392 e. The second-order valence-electron chi connectivity index (χ2n) is 5.10. The van der Waals surface area contributed by atoms with Crippen molar-refractivity contribution >= 4 is 0 Å². The number of aliphatic hydroxyl groups excluding tert-OH is 1. The van der Waals surface area contributed by atoms with E-state index in [9.17, 15) is 5.11 Å². The van der Waals surface area contributed by atoms with Crippen molar-refractivity contribution in [2.24, 2.45) is 7.05 Å². The number of nitrogens with zero attached hydrogens (tertiary/aromatic N) is 4. The van der Waals surface area contributed by atoms with Crippen LogP contribution in [0.1, 0.15) is 12.0 Å². The summed E-state index contributed by atoms with van der Waals surface area (Å²) in [5.74, 6) is 0. The molecule has 5 nitrogen and oxygen atoms in total. The molecule has 100 valence electrons. The Morgan fingerprint density at radius 1 is 1.47 bits per heavy atom. The second kappa shape index (κ2) is 5.11. The minimum atomic E-state index is -0.182. The van der Waals surface area contributed by atoms with Gasteiger partial charge >= 0.3 is 0 Å². The summed E-state index contributed by atoms with van der Waals surface area (Å²) >= 11 is 0. The predicted molar refractivity (Wildman–Crippen MR) is 72.3 cm³/mol. The van der Waals surface area contributed by atoms with Gasteiger partial charge in [-0.1, -0.05) is 0 Å². The molecular weight excluding hydrogens is 240 g/mol. The standard InChI is InChI=1S/C14H18N4O/c1-17-8-12(9-18-6-4-13(19)10-18)14(16-17)11-3-2-5-15-7-11/h2-3,5,7-8,13,19H,4,6,9-10H2,1H3/t13-/m1/s1. The third kappa shape index (κ3) is 2.67. The smallest absolute Gasteiger partial charge is 0.0983 e. The molecule has 19 heavy (non-hydrogen) atoms. The second-order valence-corrected chi connectivity index (χ2v) is 5.10. The first-order valence-electron chi connectivity index (χ1n) is 6.56. The van der Waals surface area contributed by atoms with Crippen LogP contribution in [0.2, 0.25) is 0 Å². The third-order valence-corrected chi connectivity index (χ3v) is 3.48. The van der Waals surface area contributed by atoms with E-state index in [4.69, 9.17) is 0 Å². The van der Waals surface area contributed by atoms with Gasteiger partial charge in [0.15, 0.2) is 0 Å². The molecule has 1 N–H and O–H groups in total. The SMILES string of the molecule is Cn1cc(CN2CC[C@@H](O)C2)c(-c2cccnc2)n1. The maximum atomic E-state index is 9.60. The molecule has 2 aromatic rings. The third-order valence-electron chi connectivity index (χ3n) is 3.48. The molecule has 3 rings (SSSR count). The zero-order valence-electron chi connectivity index (χ0n) is 11.0. The molecule has 1 aliphatic heterocycles. The van der Waals surface area contributed by atoms with Crippen LogP contribution in [-0.2, 0) is 13.6 Å². The number of aromatic nitrogens is 3. The first-order valence-corrected chi connectivity index (χ1v) is 6.56. The number of aliphatic hydroxyl groups is 1. The molecule has 0 amide bonds. The van der Waals surface area contributed by atoms with Crippen LogP contribution in [-0.4, -0.2) is 44.0 Å². The largest absolute Gasteiger partial charge is 0.392 e. The summed E-state index contributed by atoms with van der Waals surface area (Å²) in [6, 6.07) is 3.95. The summed E-state index contributed by atoms with van der Waals surface area (Å²) in [6.45, 7) is 2.53. The first kappa shape index (κ1) is 12.3. The van der Waals surface area contributed by atoms with Crippen molar-refractivity contribution in [2.45, 2.75) is 19.1 Å². The van der Waals surface area contributed by atoms with Crippen molar-refractivity contribution in [3.05, 3.63) is 36.3 Å². The molecule has 0 unspecified atom stereocenters. The van der Waals surface area contributed by atoms with E-state index in [1.165, 1.54) is 5.56 Å². The number of rotatable bonds is 3.